The van der Waals surface area contributed by atoms with Gasteiger partial charge in [0.25, 0.3) is 0 Å². The summed E-state index contributed by atoms with van der Waals surface area (Å²) in [4.78, 5) is 30.0. The Hall–Kier alpha value is -5.12. The van der Waals surface area contributed by atoms with Gasteiger partial charge in [-0.2, -0.15) is 0 Å². The lowest BCUT2D eigenvalue weighted by molar-refractivity contribution is -0.127. The smallest absolute Gasteiger partial charge is 0.245 e. The number of hydrogen-bond acceptors (Lipinski definition) is 6. The van der Waals surface area contributed by atoms with Crippen LogP contribution >= 0.6 is 0 Å². The molecular formula is C31H26F2N6O2. The fourth-order valence-corrected chi connectivity index (χ4v) is 5.15. The first-order valence-corrected chi connectivity index (χ1v) is 13.2. The number of pyridine rings is 1. The lowest BCUT2D eigenvalue weighted by Crippen LogP contribution is -2.36. The summed E-state index contributed by atoms with van der Waals surface area (Å²) in [6.07, 6.45) is 7.81. The Kier molecular flexibility index (Phi) is 7.11. The van der Waals surface area contributed by atoms with Crippen LogP contribution in [0.25, 0.3) is 22.3 Å². The summed E-state index contributed by atoms with van der Waals surface area (Å²) < 4.78 is 34.8. The van der Waals surface area contributed by atoms with E-state index in [1.807, 2.05) is 6.20 Å². The molecule has 5 aromatic rings. The van der Waals surface area contributed by atoms with Crippen LogP contribution in [-0.4, -0.2) is 43.8 Å². The molecule has 1 aliphatic rings. The molecule has 0 atom stereocenters. The molecule has 0 spiro atoms. The number of hydrogen-bond donors (Lipinski definition) is 2. The number of aromatic nitrogens is 4. The van der Waals surface area contributed by atoms with Gasteiger partial charge in [0.2, 0.25) is 5.91 Å². The van der Waals surface area contributed by atoms with Crippen molar-refractivity contribution in [2.75, 3.05) is 18.4 Å². The first kappa shape index (κ1) is 26.1. The van der Waals surface area contributed by atoms with Crippen molar-refractivity contribution in [3.63, 3.8) is 0 Å². The van der Waals surface area contributed by atoms with Crippen LogP contribution in [0.4, 0.5) is 20.3 Å². The van der Waals surface area contributed by atoms with E-state index in [-0.39, 0.29) is 23.3 Å². The molecule has 0 unspecified atom stereocenters. The standard InChI is InChI=1S/C31H26F2N6O2/c1-2-28(40)39-12-9-19(10-13-39)24-17-35-30-29(24)31(37-18-36-30)38-26-7-6-22(15-25(26)33)41-23-8-11-34-27(16-23)20-4-3-5-21(32)14-20/h2-8,11,14-19H,1,9-10,12-13H2,(H2,35,36,37,38). The van der Waals surface area contributed by atoms with E-state index in [9.17, 15) is 9.18 Å². The van der Waals surface area contributed by atoms with E-state index in [2.05, 4.69) is 31.8 Å². The van der Waals surface area contributed by atoms with E-state index in [1.54, 1.807) is 47.5 Å². The molecule has 41 heavy (non-hydrogen) atoms. The van der Waals surface area contributed by atoms with Crippen LogP contribution in [0, 0.1) is 11.6 Å². The van der Waals surface area contributed by atoms with Gasteiger partial charge in [-0.15, -0.1) is 0 Å². The number of anilines is 2. The van der Waals surface area contributed by atoms with Gasteiger partial charge in [0.15, 0.2) is 0 Å². The number of benzene rings is 2. The van der Waals surface area contributed by atoms with Crippen LogP contribution in [0.5, 0.6) is 11.5 Å². The summed E-state index contributed by atoms with van der Waals surface area (Å²) in [5.74, 6) is 0.461. The molecule has 0 saturated carbocycles. The van der Waals surface area contributed by atoms with Gasteiger partial charge in [0, 0.05) is 43.2 Å². The molecule has 2 aromatic carbocycles. The zero-order valence-corrected chi connectivity index (χ0v) is 22.0. The van der Waals surface area contributed by atoms with Gasteiger partial charge in [0.1, 0.15) is 40.9 Å². The van der Waals surface area contributed by atoms with Crippen LogP contribution < -0.4 is 10.1 Å². The molecule has 2 N–H and O–H groups in total. The van der Waals surface area contributed by atoms with Crippen molar-refractivity contribution >= 4 is 28.4 Å². The van der Waals surface area contributed by atoms with Crippen molar-refractivity contribution in [2.45, 2.75) is 18.8 Å². The Bertz CT molecular complexity index is 1750. The number of fused-ring (bicyclic) bond motifs is 1. The second-order valence-electron chi connectivity index (χ2n) is 9.75. The topological polar surface area (TPSA) is 96.0 Å². The molecule has 206 valence electrons. The van der Waals surface area contributed by atoms with Crippen molar-refractivity contribution in [3.05, 3.63) is 103 Å². The van der Waals surface area contributed by atoms with Gasteiger partial charge in [-0.3, -0.25) is 9.78 Å². The highest BCUT2D eigenvalue weighted by Gasteiger charge is 2.26. The molecule has 0 radical (unpaired) electrons. The fourth-order valence-electron chi connectivity index (χ4n) is 5.15. The van der Waals surface area contributed by atoms with Gasteiger partial charge in [-0.05, 0) is 60.7 Å². The molecule has 4 heterocycles. The van der Waals surface area contributed by atoms with E-state index < -0.39 is 5.82 Å². The normalized spacial score (nSPS) is 13.8. The van der Waals surface area contributed by atoms with Crippen molar-refractivity contribution in [3.8, 4) is 22.8 Å². The lowest BCUT2D eigenvalue weighted by Gasteiger charge is -2.31. The van der Waals surface area contributed by atoms with Crippen LogP contribution in [0.3, 0.4) is 0 Å². The number of carbonyl (C=O) groups excluding carboxylic acids is 1. The van der Waals surface area contributed by atoms with Gasteiger partial charge < -0.3 is 19.9 Å². The highest BCUT2D eigenvalue weighted by Crippen LogP contribution is 2.37. The highest BCUT2D eigenvalue weighted by molar-refractivity contribution is 5.92. The van der Waals surface area contributed by atoms with E-state index >= 15 is 4.39 Å². The number of ether oxygens (including phenoxy) is 1. The second-order valence-corrected chi connectivity index (χ2v) is 9.75. The number of amides is 1. The Morgan fingerprint density at radius 3 is 2.66 bits per heavy atom. The molecule has 1 aliphatic heterocycles. The van der Waals surface area contributed by atoms with Crippen LogP contribution in [0.15, 0.2) is 86.0 Å². The molecule has 0 aliphatic carbocycles. The number of likely N-dealkylation sites (tertiary alicyclic amines) is 1. The Labute approximate surface area is 234 Å². The summed E-state index contributed by atoms with van der Waals surface area (Å²) >= 11 is 0. The quantitative estimate of drug-likeness (QED) is 0.218. The minimum absolute atomic E-state index is 0.0630. The fraction of sp³-hybridized carbons (Fsp3) is 0.161. The predicted molar refractivity (Wildman–Crippen MR) is 152 cm³/mol. The monoisotopic (exact) mass is 552 g/mol. The number of carbonyl (C=O) groups is 1. The molecule has 6 rings (SSSR count). The maximum Gasteiger partial charge on any atom is 0.245 e. The van der Waals surface area contributed by atoms with E-state index in [4.69, 9.17) is 4.74 Å². The Morgan fingerprint density at radius 1 is 1.05 bits per heavy atom. The number of aromatic amines is 1. The first-order chi connectivity index (χ1) is 20.0. The third kappa shape index (κ3) is 5.49. The van der Waals surface area contributed by atoms with E-state index in [1.165, 1.54) is 30.6 Å². The van der Waals surface area contributed by atoms with Crippen molar-refractivity contribution in [1.82, 2.24) is 24.8 Å². The highest BCUT2D eigenvalue weighted by atomic mass is 19.1. The van der Waals surface area contributed by atoms with Crippen molar-refractivity contribution in [1.29, 1.82) is 0 Å². The molecule has 8 nitrogen and oxygen atoms in total. The van der Waals surface area contributed by atoms with Gasteiger partial charge in [0.05, 0.1) is 16.8 Å². The van der Waals surface area contributed by atoms with Crippen molar-refractivity contribution < 1.29 is 18.3 Å². The zero-order chi connectivity index (χ0) is 28.3. The number of nitrogens with zero attached hydrogens (tertiary/aromatic N) is 4. The number of piperidine rings is 1. The molecule has 1 amide bonds. The van der Waals surface area contributed by atoms with Crippen LogP contribution in [0.2, 0.25) is 0 Å². The number of nitrogens with one attached hydrogen (secondary N) is 2. The molecule has 3 aromatic heterocycles. The van der Waals surface area contributed by atoms with E-state index in [0.29, 0.717) is 47.3 Å². The Morgan fingerprint density at radius 2 is 1.88 bits per heavy atom. The van der Waals surface area contributed by atoms with Crippen LogP contribution in [0.1, 0.15) is 24.3 Å². The SMILES string of the molecule is C=CC(=O)N1CCC(c2c[nH]c3ncnc(Nc4ccc(Oc5ccnc(-c6cccc(F)c6)c5)cc4F)c23)CC1. The average molecular weight is 553 g/mol. The van der Waals surface area contributed by atoms with Crippen molar-refractivity contribution in [2.24, 2.45) is 0 Å². The number of halogens is 2. The number of rotatable bonds is 7. The predicted octanol–water partition coefficient (Wildman–Crippen LogP) is 6.73. The second kappa shape index (κ2) is 11.2. The van der Waals surface area contributed by atoms with Crippen LogP contribution in [-0.2, 0) is 4.79 Å². The Balaban J connectivity index is 1.21. The summed E-state index contributed by atoms with van der Waals surface area (Å²) in [6, 6.07) is 13.9. The number of H-pyrrole nitrogens is 1. The summed E-state index contributed by atoms with van der Waals surface area (Å²) in [6.45, 7) is 4.84. The molecule has 1 fully saturated rings. The minimum Gasteiger partial charge on any atom is -0.457 e. The largest absolute Gasteiger partial charge is 0.457 e. The third-order valence-corrected chi connectivity index (χ3v) is 7.20. The average Bonchev–Trinajstić information content (AvgIpc) is 3.44. The minimum atomic E-state index is -0.526. The van der Waals surface area contributed by atoms with E-state index in [0.717, 1.165) is 23.8 Å². The lowest BCUT2D eigenvalue weighted by atomic mass is 9.89. The zero-order valence-electron chi connectivity index (χ0n) is 22.0. The van der Waals surface area contributed by atoms with Gasteiger partial charge in [-0.25, -0.2) is 18.7 Å². The van der Waals surface area contributed by atoms with Gasteiger partial charge >= 0.3 is 0 Å². The summed E-state index contributed by atoms with van der Waals surface area (Å²) in [7, 11) is 0. The molecule has 1 saturated heterocycles. The maximum atomic E-state index is 15.3. The molecule has 10 heteroatoms. The maximum absolute atomic E-state index is 15.3. The molecular weight excluding hydrogens is 526 g/mol. The summed E-state index contributed by atoms with van der Waals surface area (Å²) in [5.41, 5.74) is 3.05. The van der Waals surface area contributed by atoms with Gasteiger partial charge in [-0.1, -0.05) is 18.7 Å². The summed E-state index contributed by atoms with van der Waals surface area (Å²) in [5, 5.41) is 3.91. The first-order valence-electron chi connectivity index (χ1n) is 13.2. The molecule has 0 bridgehead atoms. The third-order valence-electron chi connectivity index (χ3n) is 7.20.